The molecule has 0 saturated carbocycles. The van der Waals surface area contributed by atoms with Crippen LogP contribution in [-0.2, 0) is 4.74 Å². The molecule has 0 bridgehead atoms. The lowest BCUT2D eigenvalue weighted by atomic mass is 10.1. The first kappa shape index (κ1) is 11.2. The monoisotopic (exact) mass is 195 g/mol. The average Bonchev–Trinajstić information content (AvgIpc) is 2.26. The molecule has 1 aromatic carbocycles. The zero-order valence-corrected chi connectivity index (χ0v) is 8.39. The number of nitrogens with two attached hydrogens (primary N) is 1. The first-order valence-corrected chi connectivity index (χ1v) is 4.78. The van der Waals surface area contributed by atoms with Gasteiger partial charge in [-0.05, 0) is 12.5 Å². The number of aliphatic hydroxyl groups excluding tert-OH is 1. The van der Waals surface area contributed by atoms with Gasteiger partial charge in [0.05, 0.1) is 18.8 Å². The summed E-state index contributed by atoms with van der Waals surface area (Å²) in [7, 11) is 0. The Morgan fingerprint density at radius 3 is 2.57 bits per heavy atom. The van der Waals surface area contributed by atoms with E-state index in [0.29, 0.717) is 0 Å². The molecule has 2 atom stereocenters. The van der Waals surface area contributed by atoms with E-state index in [1.54, 1.807) is 0 Å². The standard InChI is InChI=1S/C11H17NO2/c1-9(14-8-11(13)7-12)10-5-3-2-4-6-10/h2-6,9,11,13H,7-8,12H2,1H3/t9-,11+/m0/s1. The van der Waals surface area contributed by atoms with Gasteiger partial charge < -0.3 is 15.6 Å². The summed E-state index contributed by atoms with van der Waals surface area (Å²) in [5, 5.41) is 9.20. The molecule has 0 spiro atoms. The number of benzene rings is 1. The lowest BCUT2D eigenvalue weighted by Gasteiger charge is -2.15. The lowest BCUT2D eigenvalue weighted by Crippen LogP contribution is -2.25. The van der Waals surface area contributed by atoms with Crippen LogP contribution >= 0.6 is 0 Å². The minimum Gasteiger partial charge on any atom is -0.389 e. The molecule has 0 fully saturated rings. The third-order valence-corrected chi connectivity index (χ3v) is 2.08. The quantitative estimate of drug-likeness (QED) is 0.739. The first-order chi connectivity index (χ1) is 6.74. The maximum Gasteiger partial charge on any atom is 0.0895 e. The highest BCUT2D eigenvalue weighted by atomic mass is 16.5. The number of aliphatic hydroxyl groups is 1. The summed E-state index contributed by atoms with van der Waals surface area (Å²) in [5.41, 5.74) is 6.38. The first-order valence-electron chi connectivity index (χ1n) is 4.78. The van der Waals surface area contributed by atoms with E-state index < -0.39 is 6.10 Å². The molecule has 3 heteroatoms. The topological polar surface area (TPSA) is 55.5 Å². The molecule has 3 N–H and O–H groups in total. The highest BCUT2D eigenvalue weighted by Gasteiger charge is 2.07. The summed E-state index contributed by atoms with van der Waals surface area (Å²) in [6.45, 7) is 2.48. The zero-order valence-electron chi connectivity index (χ0n) is 8.39. The maximum atomic E-state index is 9.20. The van der Waals surface area contributed by atoms with Gasteiger partial charge in [0.15, 0.2) is 0 Å². The fourth-order valence-corrected chi connectivity index (χ4v) is 1.14. The van der Waals surface area contributed by atoms with Crippen LogP contribution in [-0.4, -0.2) is 24.4 Å². The summed E-state index contributed by atoms with van der Waals surface area (Å²) in [4.78, 5) is 0. The summed E-state index contributed by atoms with van der Waals surface area (Å²) in [5.74, 6) is 0. The number of hydrogen-bond donors (Lipinski definition) is 2. The van der Waals surface area contributed by atoms with Gasteiger partial charge in [0.25, 0.3) is 0 Å². The number of rotatable bonds is 5. The van der Waals surface area contributed by atoms with E-state index in [1.807, 2.05) is 37.3 Å². The SMILES string of the molecule is C[C@H](OC[C@H](O)CN)c1ccccc1. The Bertz CT molecular complexity index is 251. The Morgan fingerprint density at radius 1 is 1.36 bits per heavy atom. The van der Waals surface area contributed by atoms with E-state index in [-0.39, 0.29) is 19.3 Å². The van der Waals surface area contributed by atoms with E-state index in [0.717, 1.165) is 5.56 Å². The molecular formula is C11H17NO2. The largest absolute Gasteiger partial charge is 0.389 e. The van der Waals surface area contributed by atoms with Crippen molar-refractivity contribution < 1.29 is 9.84 Å². The van der Waals surface area contributed by atoms with E-state index in [4.69, 9.17) is 10.5 Å². The molecule has 78 valence electrons. The summed E-state index contributed by atoms with van der Waals surface area (Å²) < 4.78 is 5.45. The minimum absolute atomic E-state index is 0.00241. The van der Waals surface area contributed by atoms with Crippen molar-refractivity contribution in [3.63, 3.8) is 0 Å². The Kier molecular flexibility index (Phi) is 4.59. The van der Waals surface area contributed by atoms with Crippen molar-refractivity contribution in [1.29, 1.82) is 0 Å². The molecule has 0 aromatic heterocycles. The van der Waals surface area contributed by atoms with Gasteiger partial charge in [0, 0.05) is 6.54 Å². The van der Waals surface area contributed by atoms with E-state index >= 15 is 0 Å². The molecule has 0 aliphatic carbocycles. The zero-order chi connectivity index (χ0) is 10.4. The van der Waals surface area contributed by atoms with Gasteiger partial charge in [0.2, 0.25) is 0 Å². The minimum atomic E-state index is -0.568. The van der Waals surface area contributed by atoms with Crippen LogP contribution in [0, 0.1) is 0 Å². The van der Waals surface area contributed by atoms with Crippen LogP contribution in [0.2, 0.25) is 0 Å². The van der Waals surface area contributed by atoms with E-state index in [2.05, 4.69) is 0 Å². The van der Waals surface area contributed by atoms with Crippen LogP contribution in [0.1, 0.15) is 18.6 Å². The Hall–Kier alpha value is -0.900. The van der Waals surface area contributed by atoms with Gasteiger partial charge in [-0.15, -0.1) is 0 Å². The van der Waals surface area contributed by atoms with Crippen molar-refractivity contribution in [2.75, 3.05) is 13.2 Å². The van der Waals surface area contributed by atoms with Crippen LogP contribution in [0.3, 0.4) is 0 Å². The molecular weight excluding hydrogens is 178 g/mol. The second-order valence-electron chi connectivity index (χ2n) is 3.28. The fourth-order valence-electron chi connectivity index (χ4n) is 1.14. The van der Waals surface area contributed by atoms with E-state index in [1.165, 1.54) is 0 Å². The molecule has 0 radical (unpaired) electrons. The molecule has 3 nitrogen and oxygen atoms in total. The molecule has 1 rings (SSSR count). The lowest BCUT2D eigenvalue weighted by molar-refractivity contribution is 0.000973. The van der Waals surface area contributed by atoms with Gasteiger partial charge >= 0.3 is 0 Å². The second kappa shape index (κ2) is 5.75. The van der Waals surface area contributed by atoms with Gasteiger partial charge in [0.1, 0.15) is 0 Å². The predicted octanol–water partition coefficient (Wildman–Crippen LogP) is 1.08. The molecule has 14 heavy (non-hydrogen) atoms. The van der Waals surface area contributed by atoms with E-state index in [9.17, 15) is 5.11 Å². The van der Waals surface area contributed by atoms with Crippen LogP contribution in [0.25, 0.3) is 0 Å². The van der Waals surface area contributed by atoms with Crippen molar-refractivity contribution >= 4 is 0 Å². The van der Waals surface area contributed by atoms with Crippen molar-refractivity contribution in [2.45, 2.75) is 19.1 Å². The molecule has 0 saturated heterocycles. The normalized spacial score (nSPS) is 15.1. The van der Waals surface area contributed by atoms with Crippen molar-refractivity contribution in [1.82, 2.24) is 0 Å². The Morgan fingerprint density at radius 2 is 2.00 bits per heavy atom. The molecule has 0 aliphatic rings. The highest BCUT2D eigenvalue weighted by molar-refractivity contribution is 5.16. The molecule has 0 heterocycles. The number of ether oxygens (including phenoxy) is 1. The average molecular weight is 195 g/mol. The molecule has 0 amide bonds. The highest BCUT2D eigenvalue weighted by Crippen LogP contribution is 2.15. The van der Waals surface area contributed by atoms with Gasteiger partial charge in [-0.3, -0.25) is 0 Å². The van der Waals surface area contributed by atoms with Gasteiger partial charge in [-0.1, -0.05) is 30.3 Å². The Balaban J connectivity index is 2.39. The van der Waals surface area contributed by atoms with Crippen LogP contribution in [0.5, 0.6) is 0 Å². The summed E-state index contributed by atoms with van der Waals surface area (Å²) in [6, 6.07) is 9.90. The maximum absolute atomic E-state index is 9.20. The summed E-state index contributed by atoms with van der Waals surface area (Å²) in [6.07, 6.45) is -0.571. The van der Waals surface area contributed by atoms with Crippen molar-refractivity contribution in [2.24, 2.45) is 5.73 Å². The van der Waals surface area contributed by atoms with Crippen LogP contribution in [0.4, 0.5) is 0 Å². The smallest absolute Gasteiger partial charge is 0.0895 e. The fraction of sp³-hybridized carbons (Fsp3) is 0.455. The van der Waals surface area contributed by atoms with Crippen molar-refractivity contribution in [3.8, 4) is 0 Å². The molecule has 0 aliphatic heterocycles. The number of hydrogen-bond acceptors (Lipinski definition) is 3. The van der Waals surface area contributed by atoms with Crippen LogP contribution < -0.4 is 5.73 Å². The Labute approximate surface area is 84.5 Å². The molecule has 1 aromatic rings. The second-order valence-corrected chi connectivity index (χ2v) is 3.28. The van der Waals surface area contributed by atoms with Gasteiger partial charge in [-0.25, -0.2) is 0 Å². The third kappa shape index (κ3) is 3.46. The third-order valence-electron chi connectivity index (χ3n) is 2.08. The summed E-state index contributed by atoms with van der Waals surface area (Å²) >= 11 is 0. The van der Waals surface area contributed by atoms with Gasteiger partial charge in [-0.2, -0.15) is 0 Å². The van der Waals surface area contributed by atoms with Crippen LogP contribution in [0.15, 0.2) is 30.3 Å². The molecule has 0 unspecified atom stereocenters. The van der Waals surface area contributed by atoms with Crippen molar-refractivity contribution in [3.05, 3.63) is 35.9 Å². The predicted molar refractivity (Wildman–Crippen MR) is 55.9 cm³/mol.